The van der Waals surface area contributed by atoms with E-state index in [2.05, 4.69) is 9.72 Å². The number of anilines is 1. The van der Waals surface area contributed by atoms with Gasteiger partial charge in [0.1, 0.15) is 17.7 Å². The first-order chi connectivity index (χ1) is 9.01. The zero-order valence-electron chi connectivity index (χ0n) is 11.3. The number of ether oxygens (including phenoxy) is 1. The van der Waals surface area contributed by atoms with E-state index in [1.807, 2.05) is 6.92 Å². The van der Waals surface area contributed by atoms with Crippen molar-refractivity contribution in [1.82, 2.24) is 14.5 Å². The van der Waals surface area contributed by atoms with E-state index in [4.69, 9.17) is 5.73 Å². The topological polar surface area (TPSA) is 90.4 Å². The van der Waals surface area contributed by atoms with Gasteiger partial charge in [-0.3, -0.25) is 4.79 Å². The summed E-state index contributed by atoms with van der Waals surface area (Å²) in [6.45, 7) is 2.58. The molecule has 2 heterocycles. The van der Waals surface area contributed by atoms with Crippen molar-refractivity contribution in [2.75, 3.05) is 26.4 Å². The number of amides is 1. The van der Waals surface area contributed by atoms with Crippen molar-refractivity contribution in [3.05, 3.63) is 11.5 Å². The van der Waals surface area contributed by atoms with E-state index in [9.17, 15) is 9.59 Å². The summed E-state index contributed by atoms with van der Waals surface area (Å²) in [7, 11) is 3.03. The summed E-state index contributed by atoms with van der Waals surface area (Å²) in [4.78, 5) is 29.5. The number of rotatable bonds is 3. The van der Waals surface area contributed by atoms with Crippen molar-refractivity contribution in [2.45, 2.75) is 25.8 Å². The van der Waals surface area contributed by atoms with Crippen LogP contribution in [0.15, 0.2) is 0 Å². The zero-order valence-corrected chi connectivity index (χ0v) is 11.3. The summed E-state index contributed by atoms with van der Waals surface area (Å²) in [5.74, 6) is 0.254. The average molecular weight is 266 g/mol. The van der Waals surface area contributed by atoms with Crippen molar-refractivity contribution in [2.24, 2.45) is 0 Å². The summed E-state index contributed by atoms with van der Waals surface area (Å²) in [6.07, 6.45) is 1.26. The van der Waals surface area contributed by atoms with Crippen molar-refractivity contribution in [3.8, 4) is 0 Å². The number of carbonyl (C=O) groups is 2. The normalized spacial score (nSPS) is 19.0. The molecule has 1 aromatic rings. The number of aromatic nitrogens is 2. The second-order valence-electron chi connectivity index (χ2n) is 4.54. The van der Waals surface area contributed by atoms with Gasteiger partial charge in [-0.25, -0.2) is 9.78 Å². The smallest absolute Gasteiger partial charge is 0.360 e. The third-order valence-electron chi connectivity index (χ3n) is 3.43. The molecule has 0 bridgehead atoms. The van der Waals surface area contributed by atoms with Crippen LogP contribution in [0.2, 0.25) is 0 Å². The molecule has 7 heteroatoms. The van der Waals surface area contributed by atoms with Crippen LogP contribution in [-0.2, 0) is 16.0 Å². The van der Waals surface area contributed by atoms with Crippen molar-refractivity contribution in [1.29, 1.82) is 0 Å². The number of nitrogens with two attached hydrogens (primary N) is 1. The third kappa shape index (κ3) is 2.05. The number of nitrogen functional groups attached to an aromatic ring is 1. The lowest BCUT2D eigenvalue weighted by Gasteiger charge is -2.15. The van der Waals surface area contributed by atoms with Gasteiger partial charge in [-0.1, -0.05) is 6.92 Å². The highest BCUT2D eigenvalue weighted by Gasteiger charge is 2.34. The minimum Gasteiger partial charge on any atom is -0.464 e. The fraction of sp³-hybridized carbons (Fsp3) is 0.583. The van der Waals surface area contributed by atoms with Crippen LogP contribution in [-0.4, -0.2) is 47.0 Å². The Balaban J connectivity index is 2.48. The number of esters is 1. The Kier molecular flexibility index (Phi) is 3.46. The lowest BCUT2D eigenvalue weighted by molar-refractivity contribution is -0.129. The molecule has 0 spiro atoms. The lowest BCUT2D eigenvalue weighted by atomic mass is 10.2. The molecule has 104 valence electrons. The summed E-state index contributed by atoms with van der Waals surface area (Å²) in [5, 5.41) is 0. The Morgan fingerprint density at radius 2 is 2.26 bits per heavy atom. The maximum atomic E-state index is 12.1. The SMILES string of the molecule is CCc1nc(C(=O)OC)c(N)n1C1CCN(C)C1=O. The highest BCUT2D eigenvalue weighted by atomic mass is 16.5. The molecule has 0 aliphatic carbocycles. The first-order valence-corrected chi connectivity index (χ1v) is 6.21. The maximum absolute atomic E-state index is 12.1. The quantitative estimate of drug-likeness (QED) is 0.790. The Morgan fingerprint density at radius 3 is 2.74 bits per heavy atom. The van der Waals surface area contributed by atoms with Crippen LogP contribution < -0.4 is 5.73 Å². The standard InChI is InChI=1S/C12H18N4O3/c1-4-8-14-9(12(18)19-3)10(13)16(8)7-5-6-15(2)11(7)17/h7H,4-6,13H2,1-3H3. The van der Waals surface area contributed by atoms with E-state index >= 15 is 0 Å². The summed E-state index contributed by atoms with van der Waals surface area (Å²) < 4.78 is 6.32. The molecule has 1 saturated heterocycles. The Labute approximate surface area is 111 Å². The number of imidazole rings is 1. The Morgan fingerprint density at radius 1 is 1.58 bits per heavy atom. The number of hydrogen-bond donors (Lipinski definition) is 1. The highest BCUT2D eigenvalue weighted by Crippen LogP contribution is 2.29. The Hall–Kier alpha value is -2.05. The second kappa shape index (κ2) is 4.91. The first-order valence-electron chi connectivity index (χ1n) is 6.21. The van der Waals surface area contributed by atoms with Crippen molar-refractivity contribution in [3.63, 3.8) is 0 Å². The molecule has 2 N–H and O–H groups in total. The van der Waals surface area contributed by atoms with Gasteiger partial charge in [-0.15, -0.1) is 0 Å². The number of carbonyl (C=O) groups excluding carboxylic acids is 2. The predicted molar refractivity (Wildman–Crippen MR) is 68.6 cm³/mol. The number of nitrogens with zero attached hydrogens (tertiary/aromatic N) is 3. The molecule has 1 fully saturated rings. The summed E-state index contributed by atoms with van der Waals surface area (Å²) in [5.41, 5.74) is 6.06. The van der Waals surface area contributed by atoms with E-state index in [0.29, 0.717) is 25.2 Å². The average Bonchev–Trinajstić information content (AvgIpc) is 2.90. The molecule has 1 aliphatic rings. The lowest BCUT2D eigenvalue weighted by Crippen LogP contribution is -2.26. The van der Waals surface area contributed by atoms with E-state index < -0.39 is 5.97 Å². The van der Waals surface area contributed by atoms with Gasteiger partial charge in [0, 0.05) is 20.0 Å². The molecular formula is C12H18N4O3. The maximum Gasteiger partial charge on any atom is 0.360 e. The molecular weight excluding hydrogens is 248 g/mol. The molecule has 1 aliphatic heterocycles. The van der Waals surface area contributed by atoms with Crippen molar-refractivity contribution < 1.29 is 14.3 Å². The number of hydrogen-bond acceptors (Lipinski definition) is 5. The minimum atomic E-state index is -0.579. The van der Waals surface area contributed by atoms with Crippen LogP contribution >= 0.6 is 0 Å². The van der Waals surface area contributed by atoms with E-state index in [-0.39, 0.29) is 23.5 Å². The molecule has 0 aromatic carbocycles. The van der Waals surface area contributed by atoms with Gasteiger partial charge < -0.3 is 19.9 Å². The summed E-state index contributed by atoms with van der Waals surface area (Å²) in [6, 6.07) is -0.370. The Bertz CT molecular complexity index is 523. The molecule has 1 unspecified atom stereocenters. The van der Waals surface area contributed by atoms with E-state index in [0.717, 1.165) is 0 Å². The third-order valence-corrected chi connectivity index (χ3v) is 3.43. The van der Waals surface area contributed by atoms with Crippen LogP contribution in [0.3, 0.4) is 0 Å². The number of methoxy groups -OCH3 is 1. The van der Waals surface area contributed by atoms with E-state index in [1.165, 1.54) is 7.11 Å². The van der Waals surface area contributed by atoms with Crippen LogP contribution in [0.4, 0.5) is 5.82 Å². The number of aryl methyl sites for hydroxylation is 1. The molecule has 1 amide bonds. The monoisotopic (exact) mass is 266 g/mol. The molecule has 7 nitrogen and oxygen atoms in total. The van der Waals surface area contributed by atoms with Gasteiger partial charge in [0.05, 0.1) is 7.11 Å². The van der Waals surface area contributed by atoms with Crippen LogP contribution in [0.1, 0.15) is 35.7 Å². The van der Waals surface area contributed by atoms with Gasteiger partial charge >= 0.3 is 5.97 Å². The van der Waals surface area contributed by atoms with Gasteiger partial charge in [0.15, 0.2) is 5.69 Å². The minimum absolute atomic E-state index is 0.00443. The molecule has 2 rings (SSSR count). The molecule has 1 atom stereocenters. The second-order valence-corrected chi connectivity index (χ2v) is 4.54. The molecule has 19 heavy (non-hydrogen) atoms. The van der Waals surface area contributed by atoms with E-state index in [1.54, 1.807) is 16.5 Å². The van der Waals surface area contributed by atoms with Crippen LogP contribution in [0.25, 0.3) is 0 Å². The van der Waals surface area contributed by atoms with Crippen LogP contribution in [0.5, 0.6) is 0 Å². The number of likely N-dealkylation sites (N-methyl/N-ethyl adjacent to an activating group) is 1. The highest BCUT2D eigenvalue weighted by molar-refractivity contribution is 5.93. The van der Waals surface area contributed by atoms with Gasteiger partial charge in [-0.2, -0.15) is 0 Å². The van der Waals surface area contributed by atoms with Gasteiger partial charge in [-0.05, 0) is 6.42 Å². The first kappa shape index (κ1) is 13.4. The molecule has 0 radical (unpaired) electrons. The zero-order chi connectivity index (χ0) is 14.2. The molecule has 0 saturated carbocycles. The largest absolute Gasteiger partial charge is 0.464 e. The number of likely N-dealkylation sites (tertiary alicyclic amines) is 1. The van der Waals surface area contributed by atoms with Crippen molar-refractivity contribution >= 4 is 17.7 Å². The summed E-state index contributed by atoms with van der Waals surface area (Å²) >= 11 is 0. The van der Waals surface area contributed by atoms with Crippen LogP contribution in [0, 0.1) is 0 Å². The molecule has 1 aromatic heterocycles. The van der Waals surface area contributed by atoms with Gasteiger partial charge in [0.2, 0.25) is 5.91 Å². The fourth-order valence-electron chi connectivity index (χ4n) is 2.38. The predicted octanol–water partition coefficient (Wildman–Crippen LogP) is 0.217. The fourth-order valence-corrected chi connectivity index (χ4v) is 2.38. The van der Waals surface area contributed by atoms with Gasteiger partial charge in [0.25, 0.3) is 0 Å².